The molecule has 2 heterocycles. The first kappa shape index (κ1) is 9.87. The summed E-state index contributed by atoms with van der Waals surface area (Å²) in [5.74, 6) is 0.504. The maximum Gasteiger partial charge on any atom is 0.167 e. The zero-order valence-corrected chi connectivity index (χ0v) is 9.10. The molecule has 1 saturated heterocycles. The first-order valence-corrected chi connectivity index (χ1v) is 5.88. The number of carbonyl (C=O) groups is 1. The molecule has 14 heavy (non-hydrogen) atoms. The van der Waals surface area contributed by atoms with Gasteiger partial charge in [0.05, 0.1) is 0 Å². The average Bonchev–Trinajstić information content (AvgIpc) is 2.65. The zero-order valence-electron chi connectivity index (χ0n) is 8.29. The summed E-state index contributed by atoms with van der Waals surface area (Å²) in [4.78, 5) is 12.0. The second-order valence-electron chi connectivity index (χ2n) is 3.72. The number of hydrogen-bond acceptors (Lipinski definition) is 3. The normalized spacial score (nSPS) is 18.4. The van der Waals surface area contributed by atoms with Crippen LogP contribution in [0.15, 0.2) is 10.8 Å². The van der Waals surface area contributed by atoms with Crippen molar-refractivity contribution in [3.8, 4) is 0 Å². The molecular formula is C11H14O2S. The highest BCUT2D eigenvalue weighted by Crippen LogP contribution is 2.23. The van der Waals surface area contributed by atoms with E-state index in [-0.39, 0.29) is 5.92 Å². The number of Topliss-reactive ketones (excluding diaryl/α,β-unsaturated/α-hetero) is 1. The van der Waals surface area contributed by atoms with Gasteiger partial charge in [-0.2, -0.15) is 11.3 Å². The van der Waals surface area contributed by atoms with Gasteiger partial charge >= 0.3 is 0 Å². The first-order valence-electron chi connectivity index (χ1n) is 4.94. The molecule has 1 fully saturated rings. The third kappa shape index (κ3) is 1.88. The average molecular weight is 210 g/mol. The molecule has 2 rings (SSSR count). The van der Waals surface area contributed by atoms with E-state index in [0.717, 1.165) is 37.2 Å². The molecule has 0 atom stereocenters. The van der Waals surface area contributed by atoms with E-state index in [2.05, 4.69) is 0 Å². The topological polar surface area (TPSA) is 26.3 Å². The van der Waals surface area contributed by atoms with Crippen LogP contribution in [0.5, 0.6) is 0 Å². The monoisotopic (exact) mass is 210 g/mol. The van der Waals surface area contributed by atoms with E-state index in [1.807, 2.05) is 17.7 Å². The minimum Gasteiger partial charge on any atom is -0.381 e. The number of thiophene rings is 1. The molecule has 3 heteroatoms. The Morgan fingerprint density at radius 2 is 2.14 bits per heavy atom. The number of ether oxygens (including phenoxy) is 1. The van der Waals surface area contributed by atoms with Gasteiger partial charge in [0.2, 0.25) is 0 Å². The molecule has 0 amide bonds. The lowest BCUT2D eigenvalue weighted by molar-refractivity contribution is 0.0545. The van der Waals surface area contributed by atoms with E-state index < -0.39 is 0 Å². The van der Waals surface area contributed by atoms with E-state index in [4.69, 9.17) is 4.74 Å². The van der Waals surface area contributed by atoms with Crippen molar-refractivity contribution in [2.24, 2.45) is 5.92 Å². The van der Waals surface area contributed by atoms with Gasteiger partial charge in [-0.15, -0.1) is 0 Å². The Morgan fingerprint density at radius 3 is 2.71 bits per heavy atom. The highest BCUT2D eigenvalue weighted by atomic mass is 32.1. The van der Waals surface area contributed by atoms with E-state index >= 15 is 0 Å². The summed E-state index contributed by atoms with van der Waals surface area (Å²) >= 11 is 1.61. The van der Waals surface area contributed by atoms with Gasteiger partial charge in [-0.3, -0.25) is 4.79 Å². The van der Waals surface area contributed by atoms with Crippen molar-refractivity contribution in [2.75, 3.05) is 13.2 Å². The predicted octanol–water partition coefficient (Wildman–Crippen LogP) is 2.67. The second-order valence-corrected chi connectivity index (χ2v) is 4.46. The molecule has 0 aromatic carbocycles. The Kier molecular flexibility index (Phi) is 2.99. The Hall–Kier alpha value is -0.670. The fourth-order valence-corrected chi connectivity index (χ4v) is 2.63. The van der Waals surface area contributed by atoms with Crippen LogP contribution in [-0.4, -0.2) is 19.0 Å². The van der Waals surface area contributed by atoms with Gasteiger partial charge in [0.15, 0.2) is 5.78 Å². The minimum atomic E-state index is 0.192. The molecule has 76 valence electrons. The maximum absolute atomic E-state index is 12.0. The lowest BCUT2D eigenvalue weighted by atomic mass is 9.91. The number of aryl methyl sites for hydroxylation is 1. The summed E-state index contributed by atoms with van der Waals surface area (Å²) in [6, 6.07) is 0. The molecule has 0 radical (unpaired) electrons. The van der Waals surface area contributed by atoms with Crippen LogP contribution in [0.3, 0.4) is 0 Å². The van der Waals surface area contributed by atoms with Crippen LogP contribution in [0.25, 0.3) is 0 Å². The molecule has 0 bridgehead atoms. The fraction of sp³-hybridized carbons (Fsp3) is 0.545. The number of carbonyl (C=O) groups excluding carboxylic acids is 1. The molecule has 0 N–H and O–H groups in total. The lowest BCUT2D eigenvalue weighted by Gasteiger charge is -2.20. The van der Waals surface area contributed by atoms with Crippen molar-refractivity contribution in [3.05, 3.63) is 21.9 Å². The Morgan fingerprint density at radius 1 is 1.43 bits per heavy atom. The van der Waals surface area contributed by atoms with Crippen molar-refractivity contribution in [2.45, 2.75) is 19.8 Å². The molecule has 2 nitrogen and oxygen atoms in total. The quantitative estimate of drug-likeness (QED) is 0.701. The van der Waals surface area contributed by atoms with Crippen LogP contribution in [0, 0.1) is 12.8 Å². The second kappa shape index (κ2) is 4.24. The highest BCUT2D eigenvalue weighted by molar-refractivity contribution is 7.08. The van der Waals surface area contributed by atoms with Crippen LogP contribution in [0.2, 0.25) is 0 Å². The van der Waals surface area contributed by atoms with Gasteiger partial charge in [0, 0.05) is 30.1 Å². The summed E-state index contributed by atoms with van der Waals surface area (Å²) < 4.78 is 5.25. The number of ketones is 1. The van der Waals surface area contributed by atoms with Crippen LogP contribution in [0.4, 0.5) is 0 Å². The van der Waals surface area contributed by atoms with Crippen molar-refractivity contribution < 1.29 is 9.53 Å². The van der Waals surface area contributed by atoms with Crippen LogP contribution >= 0.6 is 11.3 Å². The summed E-state index contributed by atoms with van der Waals surface area (Å²) in [5.41, 5.74) is 2.04. The lowest BCUT2D eigenvalue weighted by Crippen LogP contribution is -2.23. The van der Waals surface area contributed by atoms with Crippen molar-refractivity contribution in [1.29, 1.82) is 0 Å². The van der Waals surface area contributed by atoms with E-state index in [1.54, 1.807) is 11.3 Å². The van der Waals surface area contributed by atoms with E-state index in [9.17, 15) is 4.79 Å². The summed E-state index contributed by atoms with van der Waals surface area (Å²) in [6.45, 7) is 3.47. The van der Waals surface area contributed by atoms with Gasteiger partial charge in [-0.25, -0.2) is 0 Å². The van der Waals surface area contributed by atoms with Gasteiger partial charge < -0.3 is 4.74 Å². The van der Waals surface area contributed by atoms with Crippen molar-refractivity contribution in [1.82, 2.24) is 0 Å². The smallest absolute Gasteiger partial charge is 0.167 e. The zero-order chi connectivity index (χ0) is 9.97. The minimum absolute atomic E-state index is 0.192. The molecule has 1 aliphatic rings. The van der Waals surface area contributed by atoms with E-state index in [1.165, 1.54) is 0 Å². The largest absolute Gasteiger partial charge is 0.381 e. The van der Waals surface area contributed by atoms with Crippen molar-refractivity contribution in [3.63, 3.8) is 0 Å². The van der Waals surface area contributed by atoms with Crippen molar-refractivity contribution >= 4 is 17.1 Å². The molecule has 1 aromatic rings. The summed E-state index contributed by atoms with van der Waals surface area (Å²) in [7, 11) is 0. The molecule has 0 aliphatic carbocycles. The molecule has 0 spiro atoms. The van der Waals surface area contributed by atoms with Gasteiger partial charge in [0.25, 0.3) is 0 Å². The fourth-order valence-electron chi connectivity index (χ4n) is 1.79. The molecule has 1 aromatic heterocycles. The maximum atomic E-state index is 12.0. The Bertz CT molecular complexity index is 324. The molecular weight excluding hydrogens is 196 g/mol. The van der Waals surface area contributed by atoms with Gasteiger partial charge in [0.1, 0.15) is 0 Å². The summed E-state index contributed by atoms with van der Waals surface area (Å²) in [5, 5.41) is 4.00. The Balaban J connectivity index is 2.11. The third-order valence-electron chi connectivity index (χ3n) is 2.71. The summed E-state index contributed by atoms with van der Waals surface area (Å²) in [6.07, 6.45) is 1.77. The molecule has 1 aliphatic heterocycles. The standard InChI is InChI=1S/C11H14O2S/c1-8-6-14-7-10(8)11(12)9-2-4-13-5-3-9/h6-7,9H,2-5H2,1H3. The first-order chi connectivity index (χ1) is 6.79. The Labute approximate surface area is 87.9 Å². The number of rotatable bonds is 2. The van der Waals surface area contributed by atoms with E-state index in [0.29, 0.717) is 5.78 Å². The van der Waals surface area contributed by atoms with Crippen LogP contribution in [0.1, 0.15) is 28.8 Å². The number of hydrogen-bond donors (Lipinski definition) is 0. The SMILES string of the molecule is Cc1cscc1C(=O)C1CCOCC1. The third-order valence-corrected chi connectivity index (χ3v) is 3.57. The molecule has 0 saturated carbocycles. The molecule has 0 unspecified atom stereocenters. The highest BCUT2D eigenvalue weighted by Gasteiger charge is 2.23. The van der Waals surface area contributed by atoms with Gasteiger partial charge in [-0.1, -0.05) is 0 Å². The van der Waals surface area contributed by atoms with Gasteiger partial charge in [-0.05, 0) is 30.7 Å². The van der Waals surface area contributed by atoms with Crippen LogP contribution in [-0.2, 0) is 4.74 Å². The predicted molar refractivity (Wildman–Crippen MR) is 56.9 cm³/mol. The van der Waals surface area contributed by atoms with Crippen LogP contribution < -0.4 is 0 Å².